The molecule has 0 radical (unpaired) electrons. The normalized spacial score (nSPS) is 20.7. The zero-order chi connectivity index (χ0) is 18.2. The summed E-state index contributed by atoms with van der Waals surface area (Å²) in [5, 5.41) is 4.47. The van der Waals surface area contributed by atoms with Crippen molar-refractivity contribution in [2.24, 2.45) is 10.4 Å². The monoisotopic (exact) mass is 384 g/mol. The first-order valence-electron chi connectivity index (χ1n) is 9.28. The van der Waals surface area contributed by atoms with Gasteiger partial charge in [0.2, 0.25) is 0 Å². The molecule has 0 aliphatic carbocycles. The molecule has 136 valence electrons. The molecule has 2 nitrogen and oxygen atoms in total. The van der Waals surface area contributed by atoms with E-state index in [0.29, 0.717) is 0 Å². The van der Waals surface area contributed by atoms with Gasteiger partial charge >= 0.3 is 0 Å². The van der Waals surface area contributed by atoms with Crippen LogP contribution in [0, 0.1) is 5.41 Å². The summed E-state index contributed by atoms with van der Waals surface area (Å²) in [4.78, 5) is 5.29. The van der Waals surface area contributed by atoms with E-state index >= 15 is 0 Å². The second-order valence-electron chi connectivity index (χ2n) is 7.88. The molecule has 2 aliphatic rings. The summed E-state index contributed by atoms with van der Waals surface area (Å²) in [6, 6.07) is 16.7. The Kier molecular flexibility index (Phi) is 4.79. The Morgan fingerprint density at radius 1 is 1.08 bits per heavy atom. The van der Waals surface area contributed by atoms with Gasteiger partial charge in [0.05, 0.1) is 5.54 Å². The Hall–Kier alpha value is -1.45. The van der Waals surface area contributed by atoms with E-state index in [9.17, 15) is 0 Å². The summed E-state index contributed by atoms with van der Waals surface area (Å²) in [6.45, 7) is 4.36. The average Bonchev–Trinajstić information content (AvgIpc) is 2.63. The highest BCUT2D eigenvalue weighted by molar-refractivity contribution is 7.99. The summed E-state index contributed by atoms with van der Waals surface area (Å²) >= 11 is 8.30. The number of anilines is 1. The fourth-order valence-electron chi connectivity index (χ4n) is 4.04. The Morgan fingerprint density at radius 2 is 1.85 bits per heavy atom. The topological polar surface area (TPSA) is 24.4 Å². The number of fused-ring (bicyclic) bond motifs is 1. The van der Waals surface area contributed by atoms with Crippen molar-refractivity contribution < 1.29 is 0 Å². The van der Waals surface area contributed by atoms with Crippen molar-refractivity contribution in [2.45, 2.75) is 38.6 Å². The molecular formula is C22H25ClN2S. The van der Waals surface area contributed by atoms with Gasteiger partial charge in [-0.2, -0.15) is 11.8 Å². The number of hydrogen-bond donors (Lipinski definition) is 1. The molecule has 0 unspecified atom stereocenters. The van der Waals surface area contributed by atoms with Crippen LogP contribution in [0.3, 0.4) is 0 Å². The molecule has 4 rings (SSSR count). The van der Waals surface area contributed by atoms with Gasteiger partial charge in [-0.15, -0.1) is 0 Å². The van der Waals surface area contributed by atoms with E-state index in [-0.39, 0.29) is 11.0 Å². The van der Waals surface area contributed by atoms with Crippen molar-refractivity contribution in [1.82, 2.24) is 0 Å². The van der Waals surface area contributed by atoms with E-state index < -0.39 is 0 Å². The lowest BCUT2D eigenvalue weighted by Crippen LogP contribution is -2.45. The summed E-state index contributed by atoms with van der Waals surface area (Å²) in [5.74, 6) is 3.57. The Balaban J connectivity index is 1.77. The number of benzene rings is 2. The highest BCUT2D eigenvalue weighted by Gasteiger charge is 2.42. The first-order valence-corrected chi connectivity index (χ1v) is 10.8. The summed E-state index contributed by atoms with van der Waals surface area (Å²) in [6.07, 6.45) is 3.45. The molecule has 4 heteroatoms. The molecule has 26 heavy (non-hydrogen) atoms. The number of nitrogens with zero attached hydrogens (tertiary/aromatic N) is 1. The van der Waals surface area contributed by atoms with Crippen LogP contribution in [0.4, 0.5) is 5.69 Å². The molecule has 0 saturated carbocycles. The molecule has 0 atom stereocenters. The number of thioether (sulfide) groups is 1. The van der Waals surface area contributed by atoms with Gasteiger partial charge < -0.3 is 5.32 Å². The van der Waals surface area contributed by atoms with Gasteiger partial charge in [-0.25, -0.2) is 0 Å². The first kappa shape index (κ1) is 17.9. The van der Waals surface area contributed by atoms with Crippen molar-refractivity contribution in [3.63, 3.8) is 0 Å². The van der Waals surface area contributed by atoms with Gasteiger partial charge in [-0.1, -0.05) is 41.9 Å². The maximum atomic E-state index is 6.24. The van der Waals surface area contributed by atoms with Crippen LogP contribution in [0.1, 0.15) is 37.8 Å². The molecule has 2 heterocycles. The van der Waals surface area contributed by atoms with Crippen LogP contribution in [-0.4, -0.2) is 17.3 Å². The molecule has 1 saturated heterocycles. The van der Waals surface area contributed by atoms with Crippen LogP contribution in [0.25, 0.3) is 0 Å². The lowest BCUT2D eigenvalue weighted by Gasteiger charge is -2.43. The summed E-state index contributed by atoms with van der Waals surface area (Å²) < 4.78 is 0. The summed E-state index contributed by atoms with van der Waals surface area (Å²) in [7, 11) is 0. The van der Waals surface area contributed by atoms with E-state index in [4.69, 9.17) is 16.6 Å². The Bertz CT molecular complexity index is 838. The predicted molar refractivity (Wildman–Crippen MR) is 115 cm³/mol. The molecule has 0 amide bonds. The number of nitrogens with one attached hydrogen (secondary N) is 1. The van der Waals surface area contributed by atoms with Crippen molar-refractivity contribution in [3.8, 4) is 0 Å². The minimum absolute atomic E-state index is 0.134. The fraction of sp³-hybridized carbons (Fsp3) is 0.409. The van der Waals surface area contributed by atoms with Crippen molar-refractivity contribution in [1.29, 1.82) is 0 Å². The Morgan fingerprint density at radius 3 is 2.62 bits per heavy atom. The average molecular weight is 385 g/mol. The van der Waals surface area contributed by atoms with Crippen LogP contribution in [0.15, 0.2) is 53.5 Å². The first-order chi connectivity index (χ1) is 12.5. The number of halogens is 1. The standard InChI is InChI=1S/C22H25ClN2S/c1-21(2,17-7-5-8-18(23)14-17)25-20-22(10-12-26-13-11-22)15-16-6-3-4-9-19(16)24-20/h3-9,14H,10-13,15H2,1-2H3,(H,24,25). The quantitative estimate of drug-likeness (QED) is 0.670. The van der Waals surface area contributed by atoms with Crippen molar-refractivity contribution >= 4 is 34.9 Å². The van der Waals surface area contributed by atoms with Crippen molar-refractivity contribution in [3.05, 3.63) is 64.7 Å². The predicted octanol–water partition coefficient (Wildman–Crippen LogP) is 6.16. The van der Waals surface area contributed by atoms with Crippen LogP contribution < -0.4 is 5.32 Å². The molecule has 0 bridgehead atoms. The minimum atomic E-state index is -0.322. The number of rotatable bonds is 2. The SMILES string of the molecule is CC(C)(N=C1Nc2ccccc2CC12CCSCC2)c1cccc(Cl)c1. The second kappa shape index (κ2) is 6.94. The van der Waals surface area contributed by atoms with Crippen LogP contribution in [0.2, 0.25) is 5.02 Å². The third kappa shape index (κ3) is 3.39. The van der Waals surface area contributed by atoms with E-state index in [1.54, 1.807) is 0 Å². The van der Waals surface area contributed by atoms with Crippen molar-refractivity contribution in [2.75, 3.05) is 16.8 Å². The van der Waals surface area contributed by atoms with Crippen LogP contribution in [0.5, 0.6) is 0 Å². The fourth-order valence-corrected chi connectivity index (χ4v) is 5.50. The molecule has 2 aromatic carbocycles. The zero-order valence-corrected chi connectivity index (χ0v) is 17.0. The summed E-state index contributed by atoms with van der Waals surface area (Å²) in [5.41, 5.74) is 3.58. The number of aliphatic imine (C=N–C) groups is 1. The maximum absolute atomic E-state index is 6.24. The highest BCUT2D eigenvalue weighted by Crippen LogP contribution is 2.45. The molecule has 1 N–H and O–H groups in total. The van der Waals surface area contributed by atoms with Gasteiger partial charge in [0.15, 0.2) is 0 Å². The third-order valence-electron chi connectivity index (χ3n) is 5.67. The molecule has 1 fully saturated rings. The van der Waals surface area contributed by atoms with Gasteiger partial charge in [0.25, 0.3) is 0 Å². The van der Waals surface area contributed by atoms with Gasteiger partial charge in [-0.3, -0.25) is 4.99 Å². The molecule has 1 spiro atoms. The largest absolute Gasteiger partial charge is 0.343 e. The van der Waals surface area contributed by atoms with Gasteiger partial charge in [0.1, 0.15) is 5.84 Å². The zero-order valence-electron chi connectivity index (χ0n) is 15.4. The number of para-hydroxylation sites is 1. The molecular weight excluding hydrogens is 360 g/mol. The van der Waals surface area contributed by atoms with Crippen LogP contribution >= 0.6 is 23.4 Å². The maximum Gasteiger partial charge on any atom is 0.108 e. The Labute approximate surface area is 165 Å². The third-order valence-corrected chi connectivity index (χ3v) is 6.89. The van der Waals surface area contributed by atoms with E-state index in [2.05, 4.69) is 61.3 Å². The number of amidine groups is 1. The second-order valence-corrected chi connectivity index (χ2v) is 9.54. The minimum Gasteiger partial charge on any atom is -0.343 e. The van der Waals surface area contributed by atoms with E-state index in [1.807, 2.05) is 18.2 Å². The lowest BCUT2D eigenvalue weighted by atomic mass is 9.72. The van der Waals surface area contributed by atoms with Crippen LogP contribution in [-0.2, 0) is 12.0 Å². The van der Waals surface area contributed by atoms with Gasteiger partial charge in [-0.05, 0) is 73.9 Å². The van der Waals surface area contributed by atoms with Gasteiger partial charge in [0, 0.05) is 16.1 Å². The number of hydrogen-bond acceptors (Lipinski definition) is 2. The molecule has 0 aromatic heterocycles. The molecule has 2 aliphatic heterocycles. The highest BCUT2D eigenvalue weighted by atomic mass is 35.5. The van der Waals surface area contributed by atoms with E-state index in [0.717, 1.165) is 22.8 Å². The smallest absolute Gasteiger partial charge is 0.108 e. The van der Waals surface area contributed by atoms with E-state index in [1.165, 1.54) is 35.6 Å². The lowest BCUT2D eigenvalue weighted by molar-refractivity contribution is 0.371. The molecule has 2 aromatic rings.